The predicted molar refractivity (Wildman–Crippen MR) is 171 cm³/mol. The molecule has 0 radical (unpaired) electrons. The van der Waals surface area contributed by atoms with Crippen LogP contribution in [-0.2, 0) is 17.8 Å². The Balaban J connectivity index is 1.31. The zero-order valence-corrected chi connectivity index (χ0v) is 25.6. The number of carbonyl (C=O) groups is 1. The summed E-state index contributed by atoms with van der Waals surface area (Å²) < 4.78 is 6.32. The van der Waals surface area contributed by atoms with Crippen molar-refractivity contribution in [1.29, 1.82) is 5.26 Å². The number of benzene rings is 2. The summed E-state index contributed by atoms with van der Waals surface area (Å²) in [6, 6.07) is 17.4. The first-order valence-corrected chi connectivity index (χ1v) is 15.5. The van der Waals surface area contributed by atoms with Crippen LogP contribution in [0.1, 0.15) is 31.0 Å². The Labute approximate surface area is 259 Å². The molecule has 230 valence electrons. The van der Waals surface area contributed by atoms with E-state index in [1.807, 2.05) is 7.05 Å². The Bertz CT molecular complexity index is 1570. The summed E-state index contributed by atoms with van der Waals surface area (Å²) in [5.74, 6) is 0.860. The maximum Gasteiger partial charge on any atom is 0.318 e. The number of nitriles is 1. The number of likely N-dealkylation sites (N-methyl/N-ethyl adjacent to an activating group) is 1. The van der Waals surface area contributed by atoms with Crippen LogP contribution in [0.15, 0.2) is 55.1 Å². The summed E-state index contributed by atoms with van der Waals surface area (Å²) in [7, 11) is 2.04. The van der Waals surface area contributed by atoms with Gasteiger partial charge in [0.2, 0.25) is 5.91 Å². The molecule has 10 nitrogen and oxygen atoms in total. The summed E-state index contributed by atoms with van der Waals surface area (Å²) in [5, 5.41) is 22.1. The first-order chi connectivity index (χ1) is 21.4. The SMILES string of the molecule is C=CC(=O)N1CCN(c2nc(OC[C@@H](C)C3C[C@H](O)CN3C)nc3c2CCN(c2cccc4ccccc24)C3)C[C@@H]1CC#N. The zero-order valence-electron chi connectivity index (χ0n) is 25.6. The van der Waals surface area contributed by atoms with Gasteiger partial charge >= 0.3 is 6.01 Å². The highest BCUT2D eigenvalue weighted by Crippen LogP contribution is 2.35. The molecule has 6 rings (SSSR count). The Morgan fingerprint density at radius 1 is 1.16 bits per heavy atom. The Hall–Kier alpha value is -4.20. The highest BCUT2D eigenvalue weighted by molar-refractivity contribution is 5.94. The number of β-amino-alcohol motifs (C(OH)–C–C–N with tert-alkyl or cyclic N) is 1. The normalized spacial score (nSPS) is 22.9. The van der Waals surface area contributed by atoms with Crippen molar-refractivity contribution < 1.29 is 14.6 Å². The molecule has 2 saturated heterocycles. The number of amides is 1. The molecule has 4 atom stereocenters. The second kappa shape index (κ2) is 12.8. The fourth-order valence-electron chi connectivity index (χ4n) is 7.12. The van der Waals surface area contributed by atoms with Crippen LogP contribution in [0, 0.1) is 17.2 Å². The number of aliphatic hydroxyl groups is 1. The first-order valence-electron chi connectivity index (χ1n) is 15.5. The molecule has 3 aromatic rings. The van der Waals surface area contributed by atoms with Crippen LogP contribution in [-0.4, -0.2) is 95.3 Å². The number of hydrogen-bond acceptors (Lipinski definition) is 9. The van der Waals surface area contributed by atoms with Gasteiger partial charge in [0.15, 0.2) is 0 Å². The Kier molecular flexibility index (Phi) is 8.69. The molecular formula is C34H41N7O3. The molecule has 1 N–H and O–H groups in total. The van der Waals surface area contributed by atoms with Crippen LogP contribution in [0.3, 0.4) is 0 Å². The minimum atomic E-state index is -0.313. The lowest BCUT2D eigenvalue weighted by Crippen LogP contribution is -2.55. The van der Waals surface area contributed by atoms with Crippen molar-refractivity contribution in [2.75, 3.05) is 56.2 Å². The second-order valence-electron chi connectivity index (χ2n) is 12.3. The van der Waals surface area contributed by atoms with E-state index in [2.05, 4.69) is 76.7 Å². The lowest BCUT2D eigenvalue weighted by molar-refractivity contribution is -0.128. The third-order valence-electron chi connectivity index (χ3n) is 9.41. The van der Waals surface area contributed by atoms with E-state index in [0.29, 0.717) is 45.3 Å². The predicted octanol–water partition coefficient (Wildman–Crippen LogP) is 3.39. The monoisotopic (exact) mass is 595 g/mol. The van der Waals surface area contributed by atoms with Gasteiger partial charge < -0.3 is 29.4 Å². The van der Waals surface area contributed by atoms with Crippen LogP contribution in [0.4, 0.5) is 11.5 Å². The van der Waals surface area contributed by atoms with E-state index in [9.17, 15) is 15.2 Å². The molecule has 3 aliphatic rings. The minimum Gasteiger partial charge on any atom is -0.463 e. The molecule has 2 fully saturated rings. The quantitative estimate of drug-likeness (QED) is 0.392. The van der Waals surface area contributed by atoms with Crippen LogP contribution in [0.2, 0.25) is 0 Å². The van der Waals surface area contributed by atoms with Gasteiger partial charge in [-0.1, -0.05) is 49.9 Å². The number of aliphatic hydroxyl groups excluding tert-OH is 1. The Morgan fingerprint density at radius 2 is 1.98 bits per heavy atom. The van der Waals surface area contributed by atoms with E-state index in [-0.39, 0.29) is 36.4 Å². The molecule has 0 spiro atoms. The van der Waals surface area contributed by atoms with Gasteiger partial charge in [-0.2, -0.15) is 15.2 Å². The van der Waals surface area contributed by atoms with E-state index in [1.165, 1.54) is 22.5 Å². The summed E-state index contributed by atoms with van der Waals surface area (Å²) in [5.41, 5.74) is 3.21. The fraction of sp³-hybridized carbons (Fsp3) is 0.471. The van der Waals surface area contributed by atoms with E-state index in [0.717, 1.165) is 36.5 Å². The zero-order chi connectivity index (χ0) is 30.8. The summed E-state index contributed by atoms with van der Waals surface area (Å²) >= 11 is 0. The van der Waals surface area contributed by atoms with Gasteiger partial charge in [-0.15, -0.1) is 0 Å². The lowest BCUT2D eigenvalue weighted by Gasteiger charge is -2.42. The number of fused-ring (bicyclic) bond motifs is 2. The molecule has 0 saturated carbocycles. The lowest BCUT2D eigenvalue weighted by atomic mass is 10.0. The maximum absolute atomic E-state index is 12.6. The molecule has 0 aliphatic carbocycles. The smallest absolute Gasteiger partial charge is 0.318 e. The molecule has 0 bridgehead atoms. The average molecular weight is 596 g/mol. The van der Waals surface area contributed by atoms with Gasteiger partial charge in [-0.25, -0.2) is 0 Å². The molecule has 2 aromatic carbocycles. The van der Waals surface area contributed by atoms with Gasteiger partial charge in [-0.05, 0) is 37.4 Å². The topological polar surface area (TPSA) is 109 Å². The minimum absolute atomic E-state index is 0.152. The van der Waals surface area contributed by atoms with E-state index in [4.69, 9.17) is 14.7 Å². The van der Waals surface area contributed by atoms with Crippen LogP contribution in [0.25, 0.3) is 10.8 Å². The summed E-state index contributed by atoms with van der Waals surface area (Å²) in [4.78, 5) is 31.0. The Morgan fingerprint density at radius 3 is 2.75 bits per heavy atom. The van der Waals surface area contributed by atoms with Crippen LogP contribution >= 0.6 is 0 Å². The van der Waals surface area contributed by atoms with Gasteiger partial charge in [0.25, 0.3) is 0 Å². The van der Waals surface area contributed by atoms with Gasteiger partial charge in [0.1, 0.15) is 5.82 Å². The molecule has 44 heavy (non-hydrogen) atoms. The van der Waals surface area contributed by atoms with Gasteiger partial charge in [0, 0.05) is 61.3 Å². The molecular weight excluding hydrogens is 554 g/mol. The van der Waals surface area contributed by atoms with Crippen molar-refractivity contribution in [2.45, 2.75) is 50.9 Å². The van der Waals surface area contributed by atoms with Crippen molar-refractivity contribution >= 4 is 28.2 Å². The van der Waals surface area contributed by atoms with Crippen molar-refractivity contribution in [3.63, 3.8) is 0 Å². The maximum atomic E-state index is 12.6. The van der Waals surface area contributed by atoms with Crippen molar-refractivity contribution in [3.05, 3.63) is 66.4 Å². The number of anilines is 2. The average Bonchev–Trinajstić information content (AvgIpc) is 3.39. The molecule has 1 aromatic heterocycles. The number of hydrogen-bond donors (Lipinski definition) is 1. The van der Waals surface area contributed by atoms with E-state index >= 15 is 0 Å². The third-order valence-corrected chi connectivity index (χ3v) is 9.41. The first kappa shape index (κ1) is 29.9. The summed E-state index contributed by atoms with van der Waals surface area (Å²) in [6.07, 6.45) is 2.74. The number of nitrogens with zero attached hydrogens (tertiary/aromatic N) is 7. The fourth-order valence-corrected chi connectivity index (χ4v) is 7.12. The largest absolute Gasteiger partial charge is 0.463 e. The van der Waals surface area contributed by atoms with Gasteiger partial charge in [0.05, 0.1) is 43.5 Å². The molecule has 10 heteroatoms. The van der Waals surface area contributed by atoms with E-state index < -0.39 is 0 Å². The molecule has 3 aliphatic heterocycles. The number of ether oxygens (including phenoxy) is 1. The highest BCUT2D eigenvalue weighted by atomic mass is 16.5. The van der Waals surface area contributed by atoms with Crippen LogP contribution < -0.4 is 14.5 Å². The molecule has 4 heterocycles. The molecule has 1 amide bonds. The molecule has 1 unspecified atom stereocenters. The van der Waals surface area contributed by atoms with Crippen LogP contribution in [0.5, 0.6) is 6.01 Å². The van der Waals surface area contributed by atoms with Gasteiger partial charge in [-0.3, -0.25) is 4.79 Å². The van der Waals surface area contributed by atoms with E-state index in [1.54, 1.807) is 4.90 Å². The standard InChI is InChI=1S/C34H41N7O3/c1-4-32(43)41-17-16-40(19-25(41)12-14-35)33-28-13-15-39(30-11-7-9-24-8-5-6-10-27(24)30)21-29(28)36-34(37-33)44-22-23(2)31-18-26(42)20-38(31)3/h4-11,23,25-26,31,42H,1,12-13,15-22H2,2-3H3/t23-,25+,26+,31?/m1/s1. The highest BCUT2D eigenvalue weighted by Gasteiger charge is 2.35. The number of piperazine rings is 1. The summed E-state index contributed by atoms with van der Waals surface area (Å²) in [6.45, 7) is 9.93. The van der Waals surface area contributed by atoms with Crippen molar-refractivity contribution in [1.82, 2.24) is 19.8 Å². The van der Waals surface area contributed by atoms with Crippen molar-refractivity contribution in [2.24, 2.45) is 5.92 Å². The number of carbonyl (C=O) groups excluding carboxylic acids is 1. The third kappa shape index (κ3) is 5.94. The number of likely N-dealkylation sites (tertiary alicyclic amines) is 1. The van der Waals surface area contributed by atoms with Crippen molar-refractivity contribution in [3.8, 4) is 12.1 Å². The second-order valence-corrected chi connectivity index (χ2v) is 12.3. The number of rotatable bonds is 8. The number of aromatic nitrogens is 2.